The number of thiophene rings is 1. The molecule has 40 atom stereocenters. The number of aryl methyl sites for hydroxylation is 1. The molecule has 0 saturated heterocycles. The van der Waals surface area contributed by atoms with Crippen LogP contribution in [-0.2, 0) is 7.05 Å². The molecule has 0 bridgehead atoms. The van der Waals surface area contributed by atoms with Crippen LogP contribution in [0.25, 0.3) is 11.0 Å². The molecule has 0 amide bonds. The topological polar surface area (TPSA) is 230 Å². The van der Waals surface area contributed by atoms with Gasteiger partial charge in [-0.05, 0) is 522 Å². The summed E-state index contributed by atoms with van der Waals surface area (Å²) in [4.78, 5) is 76.3. The van der Waals surface area contributed by atoms with Crippen LogP contribution in [0.3, 0.4) is 0 Å². The molecule has 5 N–H and O–H groups in total. The number of imidazole rings is 1. The number of hydrogen-bond donors (Lipinski definition) is 5. The summed E-state index contributed by atoms with van der Waals surface area (Å²) in [6.07, 6.45) is 58.4. The minimum Gasteiger partial charge on any atom is -0.453 e. The van der Waals surface area contributed by atoms with Gasteiger partial charge in [-0.2, -0.15) is 0 Å². The third-order valence-electron chi connectivity index (χ3n) is 47.9. The van der Waals surface area contributed by atoms with Crippen molar-refractivity contribution >= 4 is 62.6 Å². The van der Waals surface area contributed by atoms with E-state index in [4.69, 9.17) is 4.42 Å². The van der Waals surface area contributed by atoms with Gasteiger partial charge in [0.15, 0.2) is 33.9 Å². The van der Waals surface area contributed by atoms with Crippen LogP contribution in [0.4, 0.5) is 0 Å². The third-order valence-corrected chi connectivity index (χ3v) is 49.6. The first kappa shape index (κ1) is 100. The van der Waals surface area contributed by atoms with Crippen LogP contribution in [-0.4, -0.2) is 97.0 Å². The van der Waals surface area contributed by atoms with E-state index >= 15 is 0 Å². The number of hydrogen-bond acceptors (Lipinski definition) is 15. The van der Waals surface area contributed by atoms with E-state index in [-0.39, 0.29) is 68.2 Å². The summed E-state index contributed by atoms with van der Waals surface area (Å²) in [5.74, 6) is 23.2. The summed E-state index contributed by atoms with van der Waals surface area (Å²) in [6.45, 7) is 22.4. The van der Waals surface area contributed by atoms with Crippen molar-refractivity contribution in [1.29, 1.82) is 0 Å². The molecule has 4 aromatic heterocycles. The van der Waals surface area contributed by atoms with E-state index in [1.165, 1.54) is 204 Å². The lowest BCUT2D eigenvalue weighted by Gasteiger charge is -2.56. The van der Waals surface area contributed by atoms with E-state index in [0.29, 0.717) is 52.6 Å². The third kappa shape index (κ3) is 18.2. The number of thiazole rings is 1. The Morgan fingerprint density at radius 1 is 0.312 bits per heavy atom. The predicted molar refractivity (Wildman–Crippen MR) is 560 cm³/mol. The Labute approximate surface area is 852 Å². The largest absolute Gasteiger partial charge is 0.453 e. The number of aliphatic hydroxyl groups is 5. The Hall–Kier alpha value is -5.33. The maximum Gasteiger partial charge on any atom is 0.201 e. The number of carbonyl (C=O) groups excluding carboxylic acids is 5. The van der Waals surface area contributed by atoms with E-state index in [1.807, 2.05) is 136 Å². The smallest absolute Gasteiger partial charge is 0.201 e. The average molecular weight is 1960 g/mol. The number of fused-ring (bicyclic) bond motifs is 26. The summed E-state index contributed by atoms with van der Waals surface area (Å²) in [5.41, 5.74) is 0.402. The fourth-order valence-corrected chi connectivity index (χ4v) is 42.8. The first-order valence-corrected chi connectivity index (χ1v) is 59.9. The number of furan rings is 1. The summed E-state index contributed by atoms with van der Waals surface area (Å²) in [5, 5.41) is 58.6. The SMILES string of the molecule is C[C@@]1(O)CC[C@H]2[C@H](CC[C@@H]3[C@@H]2CC[C@]2(C)[C@@H](C(=O)c4cc5ccccc5o4)CC[C@@H]32)C1.C[C@@]1(O)CC[C@H]2[C@H](CC[C@@H]3[C@@H]2CC[C@]2(C)[C@@H](C(=O)c4ccccc4)CC[C@@H]32)C1.C[C@@]1(O)CC[C@H]2[C@H](CC[C@@H]3[C@@H]2CC[C@]2(C)[C@@H](C(=O)c4cccs4)CC[C@@H]32)C1.C[C@@]1(O)CC[C@H]2[C@H](CC[C@@H]3[C@@H]2CC[C@]2(C)[C@@H](C(=O)c4nccs4)CC[C@@H]32)C1.Cn1ccnc1C(=O)[C@H]1CC[C@H]2[C@@H]3CC[C@@H]4C[C@](C)(O)CC[C@@H]4[C@H]3CC[C@]12C. The van der Waals surface area contributed by atoms with Gasteiger partial charge in [0.2, 0.25) is 11.6 Å². The van der Waals surface area contributed by atoms with Crippen LogP contribution in [0.2, 0.25) is 0 Å². The lowest BCUT2D eigenvalue weighted by atomic mass is 9.49. The van der Waals surface area contributed by atoms with Gasteiger partial charge in [0, 0.05) is 71.6 Å². The highest BCUT2D eigenvalue weighted by Gasteiger charge is 2.67. The van der Waals surface area contributed by atoms with Crippen LogP contribution >= 0.6 is 22.7 Å². The Kier molecular flexibility index (Phi) is 27.2. The second kappa shape index (κ2) is 38.3. The van der Waals surface area contributed by atoms with E-state index in [0.717, 1.165) is 247 Å². The van der Waals surface area contributed by atoms with Gasteiger partial charge < -0.3 is 34.5 Å². The fourth-order valence-electron chi connectivity index (χ4n) is 41.5. The molecule has 768 valence electrons. The van der Waals surface area contributed by atoms with Crippen LogP contribution < -0.4 is 0 Å². The molecule has 14 nitrogen and oxygen atoms in total. The quantitative estimate of drug-likeness (QED) is 0.0805. The van der Waals surface area contributed by atoms with Crippen LogP contribution in [0.1, 0.15) is 409 Å². The van der Waals surface area contributed by atoms with Gasteiger partial charge in [0.1, 0.15) is 5.58 Å². The van der Waals surface area contributed by atoms with Gasteiger partial charge in [0.05, 0.1) is 32.9 Å². The molecule has 0 aliphatic heterocycles. The lowest BCUT2D eigenvalue weighted by Crippen LogP contribution is -2.51. The van der Waals surface area contributed by atoms with Gasteiger partial charge in [-0.15, -0.1) is 22.7 Å². The molecule has 20 aliphatic rings. The summed E-state index contributed by atoms with van der Waals surface area (Å²) in [6, 6.07) is 24.0. The fraction of sp³-hybridized carbons (Fsp3) is 0.768. The minimum atomic E-state index is -0.450. The molecular formula is C125H175N3O11S2. The van der Waals surface area contributed by atoms with Gasteiger partial charge >= 0.3 is 0 Å². The molecule has 141 heavy (non-hydrogen) atoms. The van der Waals surface area contributed by atoms with Crippen molar-refractivity contribution in [2.45, 2.75) is 386 Å². The number of rotatable bonds is 10. The maximum atomic E-state index is 13.6. The number of para-hydroxylation sites is 1. The van der Waals surface area contributed by atoms with Crippen molar-refractivity contribution < 1.29 is 53.9 Å². The molecular weight excluding hydrogens is 1780 g/mol. The molecule has 20 aliphatic carbocycles. The molecule has 0 radical (unpaired) electrons. The number of Topliss-reactive ketones (excluding diaryl/α,β-unsaturated/α-hetero) is 5. The summed E-state index contributed by atoms with van der Waals surface area (Å²) in [7, 11) is 1.94. The Morgan fingerprint density at radius 2 is 0.645 bits per heavy atom. The van der Waals surface area contributed by atoms with Crippen LogP contribution in [0.5, 0.6) is 0 Å². The number of benzene rings is 2. The van der Waals surface area contributed by atoms with Gasteiger partial charge in [-0.3, -0.25) is 24.0 Å². The lowest BCUT2D eigenvalue weighted by molar-refractivity contribution is -0.0977. The average Bonchev–Trinajstić information content (AvgIpc) is 1.56. The zero-order valence-corrected chi connectivity index (χ0v) is 89.4. The molecule has 26 rings (SSSR count). The van der Waals surface area contributed by atoms with Crippen molar-refractivity contribution in [3.05, 3.63) is 129 Å². The number of ketones is 5. The number of nitrogens with zero attached hydrogens (tertiary/aromatic N) is 3. The number of carbonyl (C=O) groups is 5. The van der Waals surface area contributed by atoms with E-state index in [2.05, 4.69) is 44.6 Å². The highest BCUT2D eigenvalue weighted by Crippen LogP contribution is 2.73. The molecule has 2 aromatic carbocycles. The van der Waals surface area contributed by atoms with Crippen LogP contribution in [0, 0.1) is 205 Å². The molecule has 6 aromatic rings. The Balaban J connectivity index is 0.000000101. The van der Waals surface area contributed by atoms with Gasteiger partial charge in [-0.25, -0.2) is 9.97 Å². The van der Waals surface area contributed by atoms with E-state index in [1.54, 1.807) is 23.7 Å². The maximum absolute atomic E-state index is 13.6. The second-order valence-corrected chi connectivity index (χ2v) is 57.1. The first-order chi connectivity index (χ1) is 67.3. The minimum absolute atomic E-state index is 0.101. The van der Waals surface area contributed by atoms with Crippen molar-refractivity contribution in [3.8, 4) is 0 Å². The van der Waals surface area contributed by atoms with Crippen molar-refractivity contribution in [3.63, 3.8) is 0 Å². The van der Waals surface area contributed by atoms with E-state index < -0.39 is 28.0 Å². The standard InChI is InChI=1S/C28H36O3.C26H36O2.C24H36N2O2.C24H34O2S.C23H33NO2S/c1-27(30)13-11-19-18(16-27)7-8-21-20(19)12-14-28(2)22(21)9-10-23(28)26(29)25-15-17-5-3-4-6-24(17)31-25;1-25(28)14-12-19-18(16-25)8-9-21-20(19)13-15-26(2)22(21)10-11-23(26)24(27)17-6-4-3-5-7-17;1-23(28)10-8-16-15(14-23)4-5-18-17(16)9-11-24(2)19(18)6-7-20(24)21(27)22-25-12-13-26(22)3;1-23(26)11-9-16-15(14-23)5-6-18-17(16)10-12-24(2)19(18)7-8-20(24)22(25)21-4-3-13-27-21;1-22(26)9-7-15-14(13-22)3-4-17-16(15)8-10-23(2)18(17)5-6-19(23)20(25)21-24-11-12-27-21/h3-6,15,18-23,30H,7-14,16H2,1-2H3;3-7,18-23,28H,8-16H2,1-2H3;12-13,15-20,28H,4-11,14H2,1-3H3;3-4,13,15-20,26H,5-12,14H2,1-2H3;11-12,14-19,26H,3-10,13H2,1-2H3/t18-,19+,20-,21-,22+,23-,27-,28+;18-,19+,20-,21-,22+,23-,25-,26+;2*15-,16+,17-,18-,19+,20-,23-,24+;14-,15+,16-,17-,18+,19-,22-,23+/m11111/s1. The van der Waals surface area contributed by atoms with Crippen LogP contribution in [0.15, 0.2) is 107 Å². The molecule has 0 unspecified atom stereocenters. The molecule has 16 heteroatoms. The van der Waals surface area contributed by atoms with Gasteiger partial charge in [-0.1, -0.05) is 89.2 Å². The molecule has 20 saturated carbocycles. The second-order valence-electron chi connectivity index (χ2n) is 55.3. The normalized spacial score (nSPS) is 47.6. The highest BCUT2D eigenvalue weighted by atomic mass is 32.1. The summed E-state index contributed by atoms with van der Waals surface area (Å²) >= 11 is 3.13. The zero-order valence-electron chi connectivity index (χ0n) is 87.8. The van der Waals surface area contributed by atoms with Gasteiger partial charge in [0.25, 0.3) is 0 Å². The summed E-state index contributed by atoms with van der Waals surface area (Å²) < 4.78 is 7.88. The molecule has 0 spiro atoms. The van der Waals surface area contributed by atoms with Crippen molar-refractivity contribution in [1.82, 2.24) is 14.5 Å². The first-order valence-electron chi connectivity index (χ1n) is 58.1. The number of aromatic nitrogens is 3. The Bertz CT molecular complexity index is 5310. The monoisotopic (exact) mass is 1960 g/mol. The zero-order chi connectivity index (χ0) is 98.2. The van der Waals surface area contributed by atoms with E-state index in [9.17, 15) is 49.5 Å². The molecule has 20 fully saturated rings. The van der Waals surface area contributed by atoms with Crippen molar-refractivity contribution in [2.75, 3.05) is 0 Å². The van der Waals surface area contributed by atoms with Crippen molar-refractivity contribution in [2.24, 2.45) is 212 Å². The predicted octanol–water partition coefficient (Wildman–Crippen LogP) is 28.4. The molecule has 4 heterocycles. The highest BCUT2D eigenvalue weighted by molar-refractivity contribution is 7.12. The Morgan fingerprint density at radius 3 is 0.979 bits per heavy atom.